The second-order valence-electron chi connectivity index (χ2n) is 4.49. The zero-order valence-corrected chi connectivity index (χ0v) is 11.1. The SMILES string of the molecule is CC(C)Oc1cc(NCc2cccnn2)ccc1N. The maximum absolute atomic E-state index is 5.87. The molecule has 0 unspecified atom stereocenters. The minimum atomic E-state index is 0.0949. The molecule has 100 valence electrons. The van der Waals surface area contributed by atoms with E-state index in [0.717, 1.165) is 11.4 Å². The maximum atomic E-state index is 5.87. The van der Waals surface area contributed by atoms with Crippen LogP contribution in [0, 0.1) is 0 Å². The first-order valence-electron chi connectivity index (χ1n) is 6.22. The Kier molecular flexibility index (Phi) is 4.18. The number of hydrogen-bond donors (Lipinski definition) is 2. The van der Waals surface area contributed by atoms with Gasteiger partial charge in [0.1, 0.15) is 5.75 Å². The fourth-order valence-corrected chi connectivity index (χ4v) is 1.62. The average Bonchev–Trinajstić information content (AvgIpc) is 2.40. The van der Waals surface area contributed by atoms with Crippen LogP contribution in [0.5, 0.6) is 5.75 Å². The first-order valence-corrected chi connectivity index (χ1v) is 6.22. The number of ether oxygens (including phenoxy) is 1. The van der Waals surface area contributed by atoms with Gasteiger partial charge in [-0.1, -0.05) is 0 Å². The van der Waals surface area contributed by atoms with Crippen molar-refractivity contribution in [1.82, 2.24) is 10.2 Å². The zero-order chi connectivity index (χ0) is 13.7. The summed E-state index contributed by atoms with van der Waals surface area (Å²) >= 11 is 0. The summed E-state index contributed by atoms with van der Waals surface area (Å²) in [4.78, 5) is 0. The van der Waals surface area contributed by atoms with E-state index in [1.807, 2.05) is 44.2 Å². The van der Waals surface area contributed by atoms with E-state index < -0.39 is 0 Å². The number of benzene rings is 1. The number of nitrogens with two attached hydrogens (primary N) is 1. The van der Waals surface area contributed by atoms with Crippen molar-refractivity contribution in [3.05, 3.63) is 42.2 Å². The van der Waals surface area contributed by atoms with Crippen molar-refractivity contribution in [3.63, 3.8) is 0 Å². The highest BCUT2D eigenvalue weighted by Gasteiger charge is 2.04. The predicted octanol–water partition coefficient (Wildman–Crippen LogP) is 2.46. The molecule has 0 saturated carbocycles. The van der Waals surface area contributed by atoms with Crippen LogP contribution < -0.4 is 15.8 Å². The molecule has 19 heavy (non-hydrogen) atoms. The molecular weight excluding hydrogens is 240 g/mol. The number of anilines is 2. The monoisotopic (exact) mass is 258 g/mol. The minimum Gasteiger partial charge on any atom is -0.489 e. The highest BCUT2D eigenvalue weighted by molar-refractivity contribution is 5.61. The summed E-state index contributed by atoms with van der Waals surface area (Å²) < 4.78 is 5.64. The molecule has 5 nitrogen and oxygen atoms in total. The first-order chi connectivity index (χ1) is 9.15. The van der Waals surface area contributed by atoms with E-state index in [0.29, 0.717) is 18.0 Å². The third-order valence-corrected chi connectivity index (χ3v) is 2.48. The summed E-state index contributed by atoms with van der Waals surface area (Å²) in [6.45, 7) is 4.55. The largest absolute Gasteiger partial charge is 0.489 e. The summed E-state index contributed by atoms with van der Waals surface area (Å²) in [6.07, 6.45) is 1.75. The van der Waals surface area contributed by atoms with Gasteiger partial charge in [0.05, 0.1) is 24.0 Å². The Hall–Kier alpha value is -2.30. The van der Waals surface area contributed by atoms with Crippen LogP contribution >= 0.6 is 0 Å². The lowest BCUT2D eigenvalue weighted by Crippen LogP contribution is -2.08. The van der Waals surface area contributed by atoms with Crippen LogP contribution in [0.2, 0.25) is 0 Å². The van der Waals surface area contributed by atoms with Crippen LogP contribution in [0.25, 0.3) is 0 Å². The zero-order valence-electron chi connectivity index (χ0n) is 11.1. The van der Waals surface area contributed by atoms with E-state index in [1.165, 1.54) is 0 Å². The molecule has 0 fully saturated rings. The standard InChI is InChI=1S/C14H18N4O/c1-10(2)19-14-8-11(5-6-13(14)15)16-9-12-4-3-7-17-18-12/h3-8,10,16H,9,15H2,1-2H3. The summed E-state index contributed by atoms with van der Waals surface area (Å²) in [5.41, 5.74) is 8.33. The second kappa shape index (κ2) is 6.04. The molecule has 0 aliphatic heterocycles. The molecule has 2 rings (SSSR count). The van der Waals surface area contributed by atoms with E-state index >= 15 is 0 Å². The summed E-state index contributed by atoms with van der Waals surface area (Å²) in [6, 6.07) is 9.42. The number of hydrogen-bond acceptors (Lipinski definition) is 5. The van der Waals surface area contributed by atoms with Crippen LogP contribution in [0.1, 0.15) is 19.5 Å². The Morgan fingerprint density at radius 3 is 2.84 bits per heavy atom. The minimum absolute atomic E-state index is 0.0949. The van der Waals surface area contributed by atoms with Crippen molar-refractivity contribution in [2.45, 2.75) is 26.5 Å². The quantitative estimate of drug-likeness (QED) is 0.806. The molecule has 1 heterocycles. The fraction of sp³-hybridized carbons (Fsp3) is 0.286. The number of nitrogens with one attached hydrogen (secondary N) is 1. The Morgan fingerprint density at radius 2 is 2.16 bits per heavy atom. The normalized spacial score (nSPS) is 10.5. The topological polar surface area (TPSA) is 73.1 Å². The van der Waals surface area contributed by atoms with Gasteiger partial charge in [0.2, 0.25) is 0 Å². The molecule has 3 N–H and O–H groups in total. The number of nitrogen functional groups attached to an aromatic ring is 1. The van der Waals surface area contributed by atoms with E-state index in [2.05, 4.69) is 15.5 Å². The summed E-state index contributed by atoms with van der Waals surface area (Å²) in [5, 5.41) is 11.1. The second-order valence-corrected chi connectivity index (χ2v) is 4.49. The average molecular weight is 258 g/mol. The van der Waals surface area contributed by atoms with Gasteiger partial charge in [0, 0.05) is 18.0 Å². The molecule has 5 heteroatoms. The van der Waals surface area contributed by atoms with E-state index in [9.17, 15) is 0 Å². The molecule has 0 bridgehead atoms. The Bertz CT molecular complexity index is 528. The number of aromatic nitrogens is 2. The van der Waals surface area contributed by atoms with Crippen LogP contribution in [0.3, 0.4) is 0 Å². The van der Waals surface area contributed by atoms with Crippen molar-refractivity contribution in [2.75, 3.05) is 11.1 Å². The van der Waals surface area contributed by atoms with Crippen molar-refractivity contribution in [3.8, 4) is 5.75 Å². The first kappa shape index (κ1) is 13.1. The van der Waals surface area contributed by atoms with E-state index in [-0.39, 0.29) is 6.10 Å². The number of rotatable bonds is 5. The maximum Gasteiger partial charge on any atom is 0.144 e. The Labute approximate surface area is 112 Å². The molecule has 1 aromatic carbocycles. The molecule has 0 aliphatic carbocycles. The Morgan fingerprint density at radius 1 is 1.32 bits per heavy atom. The molecule has 1 aromatic heterocycles. The molecule has 0 saturated heterocycles. The van der Waals surface area contributed by atoms with Gasteiger partial charge in [-0.05, 0) is 38.1 Å². The van der Waals surface area contributed by atoms with Gasteiger partial charge in [-0.25, -0.2) is 0 Å². The summed E-state index contributed by atoms with van der Waals surface area (Å²) in [7, 11) is 0. The van der Waals surface area contributed by atoms with Crippen molar-refractivity contribution in [2.24, 2.45) is 0 Å². The van der Waals surface area contributed by atoms with Crippen molar-refractivity contribution >= 4 is 11.4 Å². The van der Waals surface area contributed by atoms with E-state index in [1.54, 1.807) is 6.20 Å². The Balaban J connectivity index is 2.04. The molecule has 2 aromatic rings. The summed E-state index contributed by atoms with van der Waals surface area (Å²) in [5.74, 6) is 0.694. The van der Waals surface area contributed by atoms with Crippen LogP contribution in [-0.2, 0) is 6.54 Å². The van der Waals surface area contributed by atoms with Gasteiger partial charge < -0.3 is 15.8 Å². The fourth-order valence-electron chi connectivity index (χ4n) is 1.62. The highest BCUT2D eigenvalue weighted by atomic mass is 16.5. The lowest BCUT2D eigenvalue weighted by atomic mass is 10.2. The molecule has 0 radical (unpaired) electrons. The van der Waals surface area contributed by atoms with E-state index in [4.69, 9.17) is 10.5 Å². The molecule has 0 atom stereocenters. The van der Waals surface area contributed by atoms with Crippen LogP contribution in [0.15, 0.2) is 36.5 Å². The lowest BCUT2D eigenvalue weighted by molar-refractivity contribution is 0.244. The third kappa shape index (κ3) is 3.84. The third-order valence-electron chi connectivity index (χ3n) is 2.48. The predicted molar refractivity (Wildman–Crippen MR) is 76.0 cm³/mol. The highest BCUT2D eigenvalue weighted by Crippen LogP contribution is 2.26. The van der Waals surface area contributed by atoms with Crippen molar-refractivity contribution in [1.29, 1.82) is 0 Å². The molecular formula is C14H18N4O. The van der Waals surface area contributed by atoms with Crippen LogP contribution in [0.4, 0.5) is 11.4 Å². The lowest BCUT2D eigenvalue weighted by Gasteiger charge is -2.14. The van der Waals surface area contributed by atoms with Crippen molar-refractivity contribution < 1.29 is 4.74 Å². The van der Waals surface area contributed by atoms with Gasteiger partial charge in [0.15, 0.2) is 0 Å². The van der Waals surface area contributed by atoms with Gasteiger partial charge in [-0.15, -0.1) is 0 Å². The molecule has 0 aliphatic rings. The van der Waals surface area contributed by atoms with Gasteiger partial charge in [0.25, 0.3) is 0 Å². The molecule has 0 amide bonds. The van der Waals surface area contributed by atoms with Gasteiger partial charge >= 0.3 is 0 Å². The number of nitrogens with zero attached hydrogens (tertiary/aromatic N) is 2. The van der Waals surface area contributed by atoms with Gasteiger partial charge in [-0.2, -0.15) is 10.2 Å². The smallest absolute Gasteiger partial charge is 0.144 e. The van der Waals surface area contributed by atoms with Crippen LogP contribution in [-0.4, -0.2) is 16.3 Å². The van der Waals surface area contributed by atoms with Gasteiger partial charge in [-0.3, -0.25) is 0 Å². The molecule has 0 spiro atoms.